The zero-order chi connectivity index (χ0) is 20.3. The van der Waals surface area contributed by atoms with Crippen molar-refractivity contribution in [2.45, 2.75) is 26.2 Å². The van der Waals surface area contributed by atoms with Gasteiger partial charge in [0.25, 0.3) is 5.56 Å². The van der Waals surface area contributed by atoms with Crippen LogP contribution in [0.4, 0.5) is 11.6 Å². The lowest BCUT2D eigenvalue weighted by molar-refractivity contribution is 0.0685. The van der Waals surface area contributed by atoms with E-state index in [1.165, 1.54) is 0 Å². The van der Waals surface area contributed by atoms with E-state index in [1.54, 1.807) is 42.6 Å². The number of terminal acetylenes is 1. The van der Waals surface area contributed by atoms with Crippen molar-refractivity contribution in [1.82, 2.24) is 19.7 Å². The quantitative estimate of drug-likeness (QED) is 0.411. The molecule has 0 saturated heterocycles. The number of carbonyl (C=O) groups is 1. The first-order valence-electron chi connectivity index (χ1n) is 8.35. The Morgan fingerprint density at radius 3 is 2.57 bits per heavy atom. The molecule has 0 aliphatic heterocycles. The third kappa shape index (κ3) is 3.76. The molecule has 0 saturated carbocycles. The van der Waals surface area contributed by atoms with Crippen LogP contribution in [0.2, 0.25) is 0 Å². The largest absolute Gasteiger partial charge is 0.372 e. The number of hydrogen-bond donors (Lipinski definition) is 2. The zero-order valence-corrected chi connectivity index (χ0v) is 15.6. The number of azo groups is 1. The number of nitrogens with one attached hydrogen (secondary N) is 2. The fourth-order valence-corrected chi connectivity index (χ4v) is 2.37. The van der Waals surface area contributed by atoms with E-state index >= 15 is 0 Å². The standard InChI is InChI=1S/C19H18N6O3/c1-5-28-17(27)15-14(16(26)25(24-15)12-9-7-6-8-10-12)22-23-18-20-11-13(21-18)19(2,3)4/h1,6-11,24H,2-4H3,(H,20,21). The number of aromatic nitrogens is 4. The van der Waals surface area contributed by atoms with Crippen LogP contribution in [0.3, 0.4) is 0 Å². The molecule has 3 aromatic rings. The smallest absolute Gasteiger partial charge is 0.368 e. The molecule has 28 heavy (non-hydrogen) atoms. The third-order valence-corrected chi connectivity index (χ3v) is 3.85. The van der Waals surface area contributed by atoms with Crippen LogP contribution in [0, 0.1) is 12.5 Å². The van der Waals surface area contributed by atoms with Gasteiger partial charge in [-0.15, -0.1) is 10.2 Å². The van der Waals surface area contributed by atoms with E-state index in [9.17, 15) is 9.59 Å². The number of rotatable bonds is 4. The molecule has 2 heterocycles. The molecule has 2 aromatic heterocycles. The van der Waals surface area contributed by atoms with Gasteiger partial charge in [-0.25, -0.2) is 14.5 Å². The lowest BCUT2D eigenvalue weighted by Gasteiger charge is -2.14. The first-order valence-corrected chi connectivity index (χ1v) is 8.35. The molecule has 2 N–H and O–H groups in total. The highest BCUT2D eigenvalue weighted by molar-refractivity contribution is 5.93. The van der Waals surface area contributed by atoms with Crippen LogP contribution in [0.25, 0.3) is 5.69 Å². The van der Waals surface area contributed by atoms with Crippen LogP contribution < -0.4 is 5.56 Å². The van der Waals surface area contributed by atoms with Gasteiger partial charge in [-0.2, -0.15) is 0 Å². The molecular weight excluding hydrogens is 360 g/mol. The molecule has 142 valence electrons. The predicted octanol–water partition coefficient (Wildman–Crippen LogP) is 3.35. The summed E-state index contributed by atoms with van der Waals surface area (Å²) in [5.41, 5.74) is 0.176. The van der Waals surface area contributed by atoms with Gasteiger partial charge in [-0.1, -0.05) is 45.4 Å². The van der Waals surface area contributed by atoms with Crippen molar-refractivity contribution in [3.8, 4) is 18.2 Å². The zero-order valence-electron chi connectivity index (χ0n) is 15.6. The maximum absolute atomic E-state index is 12.8. The van der Waals surface area contributed by atoms with Crippen LogP contribution in [0.15, 0.2) is 51.6 Å². The van der Waals surface area contributed by atoms with E-state index < -0.39 is 11.5 Å². The van der Waals surface area contributed by atoms with Gasteiger partial charge in [0.15, 0.2) is 11.4 Å². The van der Waals surface area contributed by atoms with E-state index in [0.717, 1.165) is 10.4 Å². The number of aromatic amines is 2. The molecule has 0 aliphatic rings. The van der Waals surface area contributed by atoms with E-state index in [4.69, 9.17) is 6.42 Å². The van der Waals surface area contributed by atoms with Gasteiger partial charge in [0, 0.05) is 11.1 Å². The summed E-state index contributed by atoms with van der Waals surface area (Å²) in [5, 5.41) is 10.5. The predicted molar refractivity (Wildman–Crippen MR) is 102 cm³/mol. The van der Waals surface area contributed by atoms with Gasteiger partial charge in [0.2, 0.25) is 5.95 Å². The second kappa shape index (κ2) is 7.36. The Morgan fingerprint density at radius 1 is 1.25 bits per heavy atom. The number of imidazole rings is 1. The van der Waals surface area contributed by atoms with Crippen LogP contribution in [0.1, 0.15) is 37.0 Å². The maximum Gasteiger partial charge on any atom is 0.372 e. The Labute approximate surface area is 160 Å². The van der Waals surface area contributed by atoms with Crippen LogP contribution in [-0.4, -0.2) is 25.7 Å². The first-order chi connectivity index (χ1) is 13.3. The average Bonchev–Trinajstić information content (AvgIpc) is 3.26. The molecule has 0 radical (unpaired) electrons. The number of benzene rings is 1. The maximum atomic E-state index is 12.8. The summed E-state index contributed by atoms with van der Waals surface area (Å²) in [6.07, 6.45) is 8.44. The fraction of sp³-hybridized carbons (Fsp3) is 0.211. The highest BCUT2D eigenvalue weighted by atomic mass is 16.5. The van der Waals surface area contributed by atoms with Gasteiger partial charge in [-0.3, -0.25) is 9.89 Å². The van der Waals surface area contributed by atoms with Crippen molar-refractivity contribution in [3.05, 3.63) is 58.3 Å². The minimum Gasteiger partial charge on any atom is -0.368 e. The average molecular weight is 378 g/mol. The van der Waals surface area contributed by atoms with E-state index in [1.807, 2.05) is 20.8 Å². The summed E-state index contributed by atoms with van der Waals surface area (Å²) in [5.74, 6) is -0.717. The first kappa shape index (κ1) is 18.8. The highest BCUT2D eigenvalue weighted by Crippen LogP contribution is 2.23. The number of carbonyl (C=O) groups excluding carboxylic acids is 1. The number of esters is 1. The number of ether oxygens (including phenoxy) is 1. The molecule has 0 spiro atoms. The van der Waals surface area contributed by atoms with Gasteiger partial charge in [0.05, 0.1) is 11.9 Å². The Kier molecular flexibility index (Phi) is 4.96. The monoisotopic (exact) mass is 378 g/mol. The summed E-state index contributed by atoms with van der Waals surface area (Å²) in [6.45, 7) is 6.04. The van der Waals surface area contributed by atoms with Crippen LogP contribution in [0.5, 0.6) is 0 Å². The molecule has 9 nitrogen and oxygen atoms in total. The molecule has 0 unspecified atom stereocenters. The number of hydrogen-bond acceptors (Lipinski definition) is 6. The molecule has 0 amide bonds. The van der Waals surface area contributed by atoms with Gasteiger partial charge >= 0.3 is 5.97 Å². The molecule has 0 atom stereocenters. The van der Waals surface area contributed by atoms with E-state index in [-0.39, 0.29) is 22.7 Å². The second-order valence-electron chi connectivity index (χ2n) is 6.89. The number of nitrogens with zero attached hydrogens (tertiary/aromatic N) is 4. The molecule has 0 aliphatic carbocycles. The number of H-pyrrole nitrogens is 2. The van der Waals surface area contributed by atoms with Crippen LogP contribution in [-0.2, 0) is 10.2 Å². The topological polar surface area (TPSA) is 117 Å². The normalized spacial score (nSPS) is 11.5. The summed E-state index contributed by atoms with van der Waals surface area (Å²) >= 11 is 0. The summed E-state index contributed by atoms with van der Waals surface area (Å²) in [6, 6.07) is 8.68. The molecule has 1 aromatic carbocycles. The highest BCUT2D eigenvalue weighted by Gasteiger charge is 2.23. The van der Waals surface area contributed by atoms with E-state index in [0.29, 0.717) is 5.69 Å². The minimum atomic E-state index is -0.918. The van der Waals surface area contributed by atoms with Crippen molar-refractivity contribution < 1.29 is 9.53 Å². The molecular formula is C19H18N6O3. The lowest BCUT2D eigenvalue weighted by Crippen LogP contribution is -2.13. The van der Waals surface area contributed by atoms with Crippen molar-refractivity contribution in [2.75, 3.05) is 0 Å². The van der Waals surface area contributed by atoms with Gasteiger partial charge in [0.1, 0.15) is 6.11 Å². The Balaban J connectivity index is 2.05. The molecule has 0 fully saturated rings. The molecule has 0 bridgehead atoms. The van der Waals surface area contributed by atoms with Crippen molar-refractivity contribution >= 4 is 17.6 Å². The SMILES string of the molecule is C#COC(=O)c1[nH]n(-c2ccccc2)c(=O)c1N=Nc1ncc(C(C)(C)C)[nH]1. The molecule has 3 rings (SSSR count). The van der Waals surface area contributed by atoms with Gasteiger partial charge < -0.3 is 9.72 Å². The van der Waals surface area contributed by atoms with Gasteiger partial charge in [-0.05, 0) is 12.1 Å². The second-order valence-corrected chi connectivity index (χ2v) is 6.89. The van der Waals surface area contributed by atoms with Crippen molar-refractivity contribution in [2.24, 2.45) is 10.2 Å². The summed E-state index contributed by atoms with van der Waals surface area (Å²) in [7, 11) is 0. The van der Waals surface area contributed by atoms with Crippen LogP contribution >= 0.6 is 0 Å². The minimum absolute atomic E-state index is 0.156. The Morgan fingerprint density at radius 2 is 1.96 bits per heavy atom. The van der Waals surface area contributed by atoms with E-state index in [2.05, 4.69) is 30.0 Å². The summed E-state index contributed by atoms with van der Waals surface area (Å²) in [4.78, 5) is 32.0. The summed E-state index contributed by atoms with van der Waals surface area (Å²) < 4.78 is 5.71. The van der Waals surface area contributed by atoms with Crippen molar-refractivity contribution in [3.63, 3.8) is 0 Å². The molecule has 9 heteroatoms. The Hall–Kier alpha value is -3.93. The van der Waals surface area contributed by atoms with Crippen molar-refractivity contribution in [1.29, 1.82) is 0 Å². The lowest BCUT2D eigenvalue weighted by atomic mass is 9.93. The third-order valence-electron chi connectivity index (χ3n) is 3.85. The number of para-hydroxylation sites is 1. The Bertz CT molecular complexity index is 1120. The fourth-order valence-electron chi connectivity index (χ4n) is 2.37.